The number of sulfonamides is 1. The van der Waals surface area contributed by atoms with Crippen LogP contribution in [0, 0.1) is 5.92 Å². The summed E-state index contributed by atoms with van der Waals surface area (Å²) in [6.07, 6.45) is 1.32. The van der Waals surface area contributed by atoms with Crippen LogP contribution in [-0.2, 0) is 24.7 Å². The van der Waals surface area contributed by atoms with Crippen LogP contribution in [0.25, 0.3) is 0 Å². The number of carboxylic acid groups (broad SMARTS) is 1. The van der Waals surface area contributed by atoms with Crippen molar-refractivity contribution in [3.63, 3.8) is 0 Å². The summed E-state index contributed by atoms with van der Waals surface area (Å²) in [4.78, 5) is 11.3. The number of nitrogens with zero attached hydrogens (tertiary/aromatic N) is 1. The second-order valence-electron chi connectivity index (χ2n) is 5.58. The number of aliphatic carboxylic acids is 1. The third kappa shape index (κ3) is 2.84. The Bertz CT molecular complexity index is 596. The van der Waals surface area contributed by atoms with Crippen molar-refractivity contribution in [1.82, 2.24) is 4.31 Å². The summed E-state index contributed by atoms with van der Waals surface area (Å²) in [6.45, 7) is 1.87. The molecule has 2 rings (SSSR count). The molecular weight excluding hydrogens is 306 g/mol. The number of piperidine rings is 1. The molecule has 2 aliphatic heterocycles. The zero-order valence-electron chi connectivity index (χ0n) is 11.2. The Hall–Kier alpha value is -0.670. The Morgan fingerprint density at radius 3 is 2.45 bits per heavy atom. The van der Waals surface area contributed by atoms with Crippen molar-refractivity contribution in [2.24, 2.45) is 5.92 Å². The topological polar surface area (TPSA) is 109 Å². The van der Waals surface area contributed by atoms with E-state index in [1.54, 1.807) is 6.92 Å². The van der Waals surface area contributed by atoms with Gasteiger partial charge in [0.1, 0.15) is 6.04 Å². The minimum Gasteiger partial charge on any atom is -0.480 e. The zero-order valence-corrected chi connectivity index (χ0v) is 12.9. The van der Waals surface area contributed by atoms with Crippen LogP contribution in [0.15, 0.2) is 0 Å². The van der Waals surface area contributed by atoms with Crippen LogP contribution >= 0.6 is 0 Å². The summed E-state index contributed by atoms with van der Waals surface area (Å²) in [7, 11) is -7.21. The van der Waals surface area contributed by atoms with Crippen LogP contribution < -0.4 is 0 Å². The molecule has 3 atom stereocenters. The van der Waals surface area contributed by atoms with Crippen LogP contribution in [-0.4, -0.2) is 61.6 Å². The molecule has 116 valence electrons. The van der Waals surface area contributed by atoms with Crippen LogP contribution in [0.2, 0.25) is 0 Å². The van der Waals surface area contributed by atoms with Crippen molar-refractivity contribution in [1.29, 1.82) is 0 Å². The average molecular weight is 325 g/mol. The molecule has 0 saturated carbocycles. The lowest BCUT2D eigenvalue weighted by Crippen LogP contribution is -2.54. The van der Waals surface area contributed by atoms with E-state index in [9.17, 15) is 26.7 Å². The third-order valence-corrected chi connectivity index (χ3v) is 8.37. The molecule has 2 heterocycles. The second kappa shape index (κ2) is 5.27. The first-order valence-corrected chi connectivity index (χ1v) is 9.91. The van der Waals surface area contributed by atoms with E-state index in [1.165, 1.54) is 0 Å². The van der Waals surface area contributed by atoms with Crippen LogP contribution in [0.1, 0.15) is 26.2 Å². The Morgan fingerprint density at radius 1 is 1.30 bits per heavy atom. The summed E-state index contributed by atoms with van der Waals surface area (Å²) in [6, 6.07) is -1.09. The van der Waals surface area contributed by atoms with Gasteiger partial charge in [-0.2, -0.15) is 4.31 Å². The first-order valence-electron chi connectivity index (χ1n) is 6.59. The molecule has 1 N–H and O–H groups in total. The van der Waals surface area contributed by atoms with Crippen molar-refractivity contribution < 1.29 is 26.7 Å². The highest BCUT2D eigenvalue weighted by Crippen LogP contribution is 2.30. The van der Waals surface area contributed by atoms with Gasteiger partial charge in [-0.3, -0.25) is 4.79 Å². The number of hydrogen-bond acceptors (Lipinski definition) is 5. The smallest absolute Gasteiger partial charge is 0.322 e. The molecule has 0 aromatic carbocycles. The summed E-state index contributed by atoms with van der Waals surface area (Å²) >= 11 is 0. The fourth-order valence-corrected chi connectivity index (χ4v) is 7.79. The molecule has 0 aliphatic carbocycles. The van der Waals surface area contributed by atoms with Gasteiger partial charge in [0, 0.05) is 6.54 Å². The van der Waals surface area contributed by atoms with E-state index >= 15 is 0 Å². The summed E-state index contributed by atoms with van der Waals surface area (Å²) < 4.78 is 49.0. The van der Waals surface area contributed by atoms with Gasteiger partial charge in [0.25, 0.3) is 0 Å². The number of sulfone groups is 1. The van der Waals surface area contributed by atoms with Crippen molar-refractivity contribution in [3.05, 3.63) is 0 Å². The third-order valence-electron chi connectivity index (χ3n) is 4.08. The summed E-state index contributed by atoms with van der Waals surface area (Å²) in [5.74, 6) is -1.97. The van der Waals surface area contributed by atoms with E-state index in [2.05, 4.69) is 0 Å². The lowest BCUT2D eigenvalue weighted by Gasteiger charge is -2.37. The number of carboxylic acids is 1. The highest BCUT2D eigenvalue weighted by molar-refractivity contribution is 7.95. The van der Waals surface area contributed by atoms with Gasteiger partial charge >= 0.3 is 5.97 Å². The van der Waals surface area contributed by atoms with Crippen molar-refractivity contribution in [3.8, 4) is 0 Å². The largest absolute Gasteiger partial charge is 0.480 e. The van der Waals surface area contributed by atoms with E-state index in [1.807, 2.05) is 0 Å². The maximum Gasteiger partial charge on any atom is 0.322 e. The van der Waals surface area contributed by atoms with Crippen molar-refractivity contribution >= 4 is 25.8 Å². The number of hydrogen-bond donors (Lipinski definition) is 1. The molecule has 0 amide bonds. The monoisotopic (exact) mass is 325 g/mol. The molecule has 0 aromatic rings. The van der Waals surface area contributed by atoms with Gasteiger partial charge in [0.05, 0.1) is 16.8 Å². The highest BCUT2D eigenvalue weighted by Gasteiger charge is 2.47. The molecule has 9 heteroatoms. The van der Waals surface area contributed by atoms with E-state index in [-0.39, 0.29) is 24.6 Å². The highest BCUT2D eigenvalue weighted by atomic mass is 32.2. The second-order valence-corrected chi connectivity index (χ2v) is 9.98. The van der Waals surface area contributed by atoms with Crippen LogP contribution in [0.5, 0.6) is 0 Å². The predicted molar refractivity (Wildman–Crippen MR) is 72.5 cm³/mol. The normalized spacial score (nSPS) is 35.0. The molecule has 20 heavy (non-hydrogen) atoms. The van der Waals surface area contributed by atoms with Gasteiger partial charge < -0.3 is 5.11 Å². The van der Waals surface area contributed by atoms with E-state index in [0.717, 1.165) is 4.31 Å². The zero-order chi connectivity index (χ0) is 15.1. The molecule has 0 bridgehead atoms. The quantitative estimate of drug-likeness (QED) is 0.762. The number of rotatable bonds is 3. The lowest BCUT2D eigenvalue weighted by molar-refractivity contribution is -0.144. The average Bonchev–Trinajstić information content (AvgIpc) is 2.69. The van der Waals surface area contributed by atoms with Gasteiger partial charge in [0.2, 0.25) is 10.0 Å². The molecule has 3 unspecified atom stereocenters. The lowest BCUT2D eigenvalue weighted by atomic mass is 9.93. The molecule has 0 aromatic heterocycles. The Kier molecular flexibility index (Phi) is 4.14. The van der Waals surface area contributed by atoms with Crippen LogP contribution in [0.4, 0.5) is 0 Å². The first-order chi connectivity index (χ1) is 9.15. The molecule has 7 nitrogen and oxygen atoms in total. The minimum absolute atomic E-state index is 0.0574. The summed E-state index contributed by atoms with van der Waals surface area (Å²) in [5.41, 5.74) is 0. The molecular formula is C11H19NO6S2. The van der Waals surface area contributed by atoms with Gasteiger partial charge in [-0.15, -0.1) is 0 Å². The SMILES string of the molecule is CC1CCCN(S(=O)(=O)C2CCS(=O)(=O)C2)C1C(=O)O. The van der Waals surface area contributed by atoms with Crippen LogP contribution in [0.3, 0.4) is 0 Å². The molecule has 2 saturated heterocycles. The van der Waals surface area contributed by atoms with Gasteiger partial charge in [-0.05, 0) is 25.2 Å². The van der Waals surface area contributed by atoms with E-state index < -0.39 is 42.9 Å². The Balaban J connectivity index is 2.30. The van der Waals surface area contributed by atoms with E-state index in [0.29, 0.717) is 12.8 Å². The fourth-order valence-electron chi connectivity index (χ4n) is 2.99. The molecule has 0 spiro atoms. The van der Waals surface area contributed by atoms with Gasteiger partial charge in [-0.25, -0.2) is 16.8 Å². The molecule has 0 radical (unpaired) electrons. The van der Waals surface area contributed by atoms with E-state index in [4.69, 9.17) is 0 Å². The maximum atomic E-state index is 12.5. The maximum absolute atomic E-state index is 12.5. The molecule has 2 aliphatic rings. The van der Waals surface area contributed by atoms with Crippen molar-refractivity contribution in [2.75, 3.05) is 18.1 Å². The van der Waals surface area contributed by atoms with Gasteiger partial charge in [-0.1, -0.05) is 6.92 Å². The predicted octanol–water partition coefficient (Wildman–Crippen LogP) is -0.312. The first kappa shape index (κ1) is 15.7. The van der Waals surface area contributed by atoms with Gasteiger partial charge in [0.15, 0.2) is 9.84 Å². The Labute approximate surface area is 118 Å². The fraction of sp³-hybridized carbons (Fsp3) is 0.909. The molecule has 2 fully saturated rings. The van der Waals surface area contributed by atoms with Crippen molar-refractivity contribution in [2.45, 2.75) is 37.5 Å². The summed E-state index contributed by atoms with van der Waals surface area (Å²) in [5, 5.41) is 8.26. The minimum atomic E-state index is -3.89. The standard InChI is InChI=1S/C11H19NO6S2/c1-8-3-2-5-12(10(8)11(13)14)20(17,18)9-4-6-19(15,16)7-9/h8-10H,2-7H2,1H3,(H,13,14). The number of carbonyl (C=O) groups is 1. The Morgan fingerprint density at radius 2 is 1.95 bits per heavy atom.